The molecule has 0 aromatic heterocycles. The van der Waals surface area contributed by atoms with E-state index in [4.69, 9.17) is 30.6 Å². The summed E-state index contributed by atoms with van der Waals surface area (Å²) in [7, 11) is 0. The van der Waals surface area contributed by atoms with Crippen LogP contribution in [0.25, 0.3) is 0 Å². The Kier molecular flexibility index (Phi) is 20.9. The third kappa shape index (κ3) is 20.6. The molecule has 0 heterocycles. The first-order valence-electron chi connectivity index (χ1n) is 12.3. The fourth-order valence-corrected chi connectivity index (χ4v) is 1.85. The number of hydrogen-bond acceptors (Lipinski definition) is 9. The molecule has 0 aliphatic rings. The summed E-state index contributed by atoms with van der Waals surface area (Å²) in [5.41, 5.74) is -3.48. The molecule has 0 aromatic carbocycles. The third-order valence-corrected chi connectivity index (χ3v) is 5.30. The van der Waals surface area contributed by atoms with Crippen molar-refractivity contribution in [3.8, 4) is 0 Å². The van der Waals surface area contributed by atoms with E-state index in [9.17, 15) is 57.1 Å². The molecule has 0 saturated heterocycles. The highest BCUT2D eigenvalue weighted by Gasteiger charge is 2.58. The van der Waals surface area contributed by atoms with E-state index in [0.29, 0.717) is 0 Å². The summed E-state index contributed by atoms with van der Waals surface area (Å²) in [5.74, 6) is -9.86. The summed E-state index contributed by atoms with van der Waals surface area (Å²) >= 11 is 0. The van der Waals surface area contributed by atoms with Crippen LogP contribution >= 0.6 is 0 Å². The van der Waals surface area contributed by atoms with Gasteiger partial charge in [0, 0.05) is 16.2 Å². The van der Waals surface area contributed by atoms with Gasteiger partial charge in [-0.15, -0.1) is 0 Å². The van der Waals surface area contributed by atoms with Crippen molar-refractivity contribution in [3.63, 3.8) is 0 Å². The molecule has 276 valence electrons. The second kappa shape index (κ2) is 19.5. The Morgan fingerprint density at radius 1 is 0.356 bits per heavy atom. The zero-order chi connectivity index (χ0) is 36.6. The molecule has 0 saturated carbocycles. The maximum absolute atomic E-state index is 12.3. The van der Waals surface area contributed by atoms with Gasteiger partial charge in [0.05, 0.1) is 59.5 Å². The molecule has 0 unspecified atom stereocenters. The highest BCUT2D eigenvalue weighted by Crippen LogP contribution is 2.36. The largest absolute Gasteiger partial charge is 0.455 e. The van der Waals surface area contributed by atoms with Gasteiger partial charge in [-0.2, -0.15) is 57.1 Å². The van der Waals surface area contributed by atoms with Gasteiger partial charge in [-0.25, -0.2) is 0 Å². The standard InChI is InChI=1S/2C8H13F5O3.C7H13F3O3/c2*1-6(2-14,3-15)4-16-5-7(9,10)8(11,12)13;1-6(2-11,3-12)4-13-5-7(8,9)10/h2*14-15H,2-5H2,1H3;11-12H,2-5H2,1H3. The van der Waals surface area contributed by atoms with Crippen LogP contribution in [0.1, 0.15) is 20.8 Å². The predicted octanol–water partition coefficient (Wildman–Crippen LogP) is 2.94. The van der Waals surface area contributed by atoms with Crippen LogP contribution in [0.2, 0.25) is 0 Å². The van der Waals surface area contributed by atoms with E-state index in [1.807, 2.05) is 0 Å². The molecular weight excluding hydrogens is 667 g/mol. The molecule has 6 N–H and O–H groups in total. The molecule has 22 heteroatoms. The topological polar surface area (TPSA) is 149 Å². The Labute approximate surface area is 249 Å². The summed E-state index contributed by atoms with van der Waals surface area (Å²) in [6, 6.07) is 0. The Balaban J connectivity index is -0.000000592. The van der Waals surface area contributed by atoms with Gasteiger partial charge < -0.3 is 44.8 Å². The predicted molar refractivity (Wildman–Crippen MR) is 127 cm³/mol. The van der Waals surface area contributed by atoms with Crippen LogP contribution < -0.4 is 0 Å². The lowest BCUT2D eigenvalue weighted by atomic mass is 9.94. The molecule has 0 bridgehead atoms. The summed E-state index contributed by atoms with van der Waals surface area (Å²) in [5, 5.41) is 52.3. The van der Waals surface area contributed by atoms with Crippen LogP contribution in [0.4, 0.5) is 57.1 Å². The average Bonchev–Trinajstić information content (AvgIpc) is 2.91. The van der Waals surface area contributed by atoms with E-state index >= 15 is 0 Å². The van der Waals surface area contributed by atoms with E-state index in [1.54, 1.807) is 0 Å². The Morgan fingerprint density at radius 3 is 0.711 bits per heavy atom. The maximum Gasteiger partial charge on any atom is 0.455 e. The Hall–Kier alpha value is -1.27. The number of halogens is 13. The highest BCUT2D eigenvalue weighted by atomic mass is 19.4. The third-order valence-electron chi connectivity index (χ3n) is 5.30. The Bertz CT molecular complexity index is 719. The van der Waals surface area contributed by atoms with Crippen molar-refractivity contribution in [2.75, 3.05) is 79.3 Å². The summed E-state index contributed by atoms with van der Waals surface area (Å²) in [6.07, 6.45) is -15.7. The smallest absolute Gasteiger partial charge is 0.396 e. The van der Waals surface area contributed by atoms with E-state index in [1.165, 1.54) is 20.8 Å². The molecule has 0 amide bonds. The number of hydrogen-bond donors (Lipinski definition) is 6. The van der Waals surface area contributed by atoms with Crippen molar-refractivity contribution >= 4 is 0 Å². The van der Waals surface area contributed by atoms with E-state index in [0.717, 1.165) is 0 Å². The number of alkyl halides is 13. The molecule has 0 aliphatic carbocycles. The molecule has 0 atom stereocenters. The molecular formula is C23H39F13O9. The molecule has 9 nitrogen and oxygen atoms in total. The summed E-state index contributed by atoms with van der Waals surface area (Å²) < 4.78 is 167. The molecule has 0 rings (SSSR count). The summed E-state index contributed by atoms with van der Waals surface area (Å²) in [6.45, 7) is -5.66. The number of aliphatic hydroxyl groups is 6. The zero-order valence-corrected chi connectivity index (χ0v) is 24.3. The lowest BCUT2D eigenvalue weighted by Gasteiger charge is -2.26. The normalized spacial score (nSPS) is 14.0. The Morgan fingerprint density at radius 2 is 0.556 bits per heavy atom. The average molecular weight is 707 g/mol. The van der Waals surface area contributed by atoms with Crippen molar-refractivity contribution in [1.29, 1.82) is 0 Å². The van der Waals surface area contributed by atoms with Crippen molar-refractivity contribution in [1.82, 2.24) is 0 Å². The van der Waals surface area contributed by atoms with Crippen LogP contribution in [-0.2, 0) is 14.2 Å². The first kappa shape index (κ1) is 48.1. The lowest BCUT2D eigenvalue weighted by molar-refractivity contribution is -0.298. The van der Waals surface area contributed by atoms with E-state index in [-0.39, 0.29) is 6.61 Å². The molecule has 0 aliphatic heterocycles. The first-order valence-corrected chi connectivity index (χ1v) is 12.3. The minimum absolute atomic E-state index is 0.320. The van der Waals surface area contributed by atoms with Crippen LogP contribution in [-0.4, -0.2) is 140 Å². The van der Waals surface area contributed by atoms with Crippen LogP contribution in [0.15, 0.2) is 0 Å². The van der Waals surface area contributed by atoms with E-state index in [2.05, 4.69) is 14.2 Å². The van der Waals surface area contributed by atoms with Gasteiger partial charge in [0.2, 0.25) is 0 Å². The van der Waals surface area contributed by atoms with Gasteiger partial charge in [-0.3, -0.25) is 0 Å². The summed E-state index contributed by atoms with van der Waals surface area (Å²) in [4.78, 5) is 0. The minimum Gasteiger partial charge on any atom is -0.396 e. The monoisotopic (exact) mass is 706 g/mol. The second-order valence-corrected chi connectivity index (χ2v) is 10.9. The van der Waals surface area contributed by atoms with Gasteiger partial charge in [0.15, 0.2) is 0 Å². The minimum atomic E-state index is -5.66. The number of aliphatic hydroxyl groups excluding tert-OH is 6. The lowest BCUT2D eigenvalue weighted by Crippen LogP contribution is -2.42. The molecule has 0 radical (unpaired) electrons. The van der Waals surface area contributed by atoms with Crippen molar-refractivity contribution < 1.29 is 102 Å². The molecule has 0 spiro atoms. The van der Waals surface area contributed by atoms with Gasteiger partial charge in [-0.1, -0.05) is 20.8 Å². The van der Waals surface area contributed by atoms with Crippen molar-refractivity contribution in [2.24, 2.45) is 16.2 Å². The molecule has 45 heavy (non-hydrogen) atoms. The van der Waals surface area contributed by atoms with Gasteiger partial charge >= 0.3 is 30.4 Å². The van der Waals surface area contributed by atoms with Gasteiger partial charge in [-0.05, 0) is 0 Å². The number of ether oxygens (including phenoxy) is 3. The van der Waals surface area contributed by atoms with Gasteiger partial charge in [0.25, 0.3) is 0 Å². The fraction of sp³-hybridized carbons (Fsp3) is 1.00. The zero-order valence-electron chi connectivity index (χ0n) is 24.3. The second-order valence-electron chi connectivity index (χ2n) is 10.9. The SMILES string of the molecule is CC(CO)(CO)COCC(F)(F)C(F)(F)F.CC(CO)(CO)COCC(F)(F)C(F)(F)F.CC(CO)(CO)COCC(F)(F)F. The van der Waals surface area contributed by atoms with Crippen LogP contribution in [0, 0.1) is 16.2 Å². The van der Waals surface area contributed by atoms with Crippen LogP contribution in [0.5, 0.6) is 0 Å². The molecule has 0 fully saturated rings. The molecule has 0 aromatic rings. The fourth-order valence-electron chi connectivity index (χ4n) is 1.85. The van der Waals surface area contributed by atoms with Crippen LogP contribution in [0.3, 0.4) is 0 Å². The van der Waals surface area contributed by atoms with Crippen molar-refractivity contribution in [2.45, 2.75) is 51.1 Å². The first-order chi connectivity index (χ1) is 20.0. The van der Waals surface area contributed by atoms with Gasteiger partial charge in [0.1, 0.15) is 19.8 Å². The van der Waals surface area contributed by atoms with E-state index < -0.39 is 119 Å². The number of rotatable bonds is 17. The highest BCUT2D eigenvalue weighted by molar-refractivity contribution is 4.78. The quantitative estimate of drug-likeness (QED) is 0.126. The van der Waals surface area contributed by atoms with Crippen molar-refractivity contribution in [3.05, 3.63) is 0 Å². The maximum atomic E-state index is 12.3.